The molecule has 0 aliphatic carbocycles. The van der Waals surface area contributed by atoms with Crippen molar-refractivity contribution in [3.63, 3.8) is 0 Å². The molecule has 2 rings (SSSR count). The predicted octanol–water partition coefficient (Wildman–Crippen LogP) is 2.35. The van der Waals surface area contributed by atoms with Crippen LogP contribution in [0.2, 0.25) is 0 Å². The summed E-state index contributed by atoms with van der Waals surface area (Å²) in [5, 5.41) is 13.4. The molecule has 1 fully saturated rings. The predicted molar refractivity (Wildman–Crippen MR) is 63.2 cm³/mol. The Morgan fingerprint density at radius 1 is 1.61 bits per heavy atom. The van der Waals surface area contributed by atoms with Gasteiger partial charge in [-0.05, 0) is 0 Å². The summed E-state index contributed by atoms with van der Waals surface area (Å²) in [7, 11) is 0. The van der Waals surface area contributed by atoms with E-state index in [0.29, 0.717) is 10.7 Å². The van der Waals surface area contributed by atoms with Crippen LogP contribution >= 0.6 is 11.3 Å². The number of halogens is 1. The average Bonchev–Trinajstić information content (AvgIpc) is 2.79. The van der Waals surface area contributed by atoms with Crippen LogP contribution in [0.15, 0.2) is 10.6 Å². The standard InChI is InChI=1S/C10H12FN3O3S/c11-10(1-3-14(4-2-10)9(15)16)8-13-7(5-12-17)6-18-8/h6H,1-5H2,(H,15,16). The molecule has 2 heterocycles. The smallest absolute Gasteiger partial charge is 0.407 e. The number of likely N-dealkylation sites (tertiary alicyclic amines) is 1. The molecule has 1 aromatic heterocycles. The van der Waals surface area contributed by atoms with Gasteiger partial charge in [-0.15, -0.1) is 11.3 Å². The monoisotopic (exact) mass is 273 g/mol. The van der Waals surface area contributed by atoms with E-state index in [1.165, 1.54) is 4.90 Å². The minimum atomic E-state index is -1.59. The summed E-state index contributed by atoms with van der Waals surface area (Å²) in [6, 6.07) is 0. The number of hydrogen-bond donors (Lipinski definition) is 1. The van der Waals surface area contributed by atoms with Gasteiger partial charge in [0.05, 0.1) is 5.69 Å². The van der Waals surface area contributed by atoms with Gasteiger partial charge in [0.2, 0.25) is 0 Å². The first-order chi connectivity index (χ1) is 8.55. The van der Waals surface area contributed by atoms with Crippen LogP contribution < -0.4 is 0 Å². The second kappa shape index (κ2) is 4.97. The van der Waals surface area contributed by atoms with Gasteiger partial charge in [-0.25, -0.2) is 14.2 Å². The summed E-state index contributed by atoms with van der Waals surface area (Å²) >= 11 is 1.15. The van der Waals surface area contributed by atoms with Crippen LogP contribution in [0.4, 0.5) is 9.18 Å². The number of rotatable bonds is 3. The van der Waals surface area contributed by atoms with Crippen molar-refractivity contribution in [1.29, 1.82) is 0 Å². The Balaban J connectivity index is 2.07. The van der Waals surface area contributed by atoms with Gasteiger partial charge in [0.1, 0.15) is 11.6 Å². The molecule has 0 unspecified atom stereocenters. The largest absolute Gasteiger partial charge is 0.465 e. The van der Waals surface area contributed by atoms with E-state index in [-0.39, 0.29) is 32.5 Å². The van der Waals surface area contributed by atoms with Crippen LogP contribution in [-0.2, 0) is 12.2 Å². The first kappa shape index (κ1) is 12.9. The molecule has 1 aliphatic rings. The third-order valence-electron chi connectivity index (χ3n) is 2.99. The van der Waals surface area contributed by atoms with Gasteiger partial charge in [0.25, 0.3) is 0 Å². The first-order valence-corrected chi connectivity index (χ1v) is 6.34. The van der Waals surface area contributed by atoms with E-state index in [1.807, 2.05) is 0 Å². The molecule has 0 saturated carbocycles. The van der Waals surface area contributed by atoms with Crippen LogP contribution in [0.5, 0.6) is 0 Å². The van der Waals surface area contributed by atoms with E-state index < -0.39 is 11.8 Å². The zero-order chi connectivity index (χ0) is 13.2. The quantitative estimate of drug-likeness (QED) is 0.857. The molecule has 1 amide bonds. The average molecular weight is 273 g/mol. The number of thiazole rings is 1. The molecule has 1 N–H and O–H groups in total. The molecule has 1 aliphatic heterocycles. The molecular formula is C10H12FN3O3S. The lowest BCUT2D eigenvalue weighted by atomic mass is 9.94. The van der Waals surface area contributed by atoms with Gasteiger partial charge in [-0.1, -0.05) is 5.18 Å². The lowest BCUT2D eigenvalue weighted by Gasteiger charge is -2.33. The van der Waals surface area contributed by atoms with E-state index in [4.69, 9.17) is 5.11 Å². The van der Waals surface area contributed by atoms with Crippen molar-refractivity contribution in [2.75, 3.05) is 13.1 Å². The van der Waals surface area contributed by atoms with Gasteiger partial charge in [0.15, 0.2) is 5.67 Å². The third-order valence-corrected chi connectivity index (χ3v) is 4.06. The molecule has 98 valence electrons. The highest BCUT2D eigenvalue weighted by Gasteiger charge is 2.40. The van der Waals surface area contributed by atoms with Crippen LogP contribution in [0.25, 0.3) is 0 Å². The number of nitrogens with zero attached hydrogens (tertiary/aromatic N) is 3. The molecule has 1 saturated heterocycles. The highest BCUT2D eigenvalue weighted by atomic mass is 32.1. The van der Waals surface area contributed by atoms with Gasteiger partial charge >= 0.3 is 6.09 Å². The van der Waals surface area contributed by atoms with E-state index in [2.05, 4.69) is 10.2 Å². The molecule has 18 heavy (non-hydrogen) atoms. The Labute approximate surface area is 106 Å². The Hall–Kier alpha value is -1.57. The third kappa shape index (κ3) is 2.47. The second-order valence-corrected chi connectivity index (χ2v) is 5.02. The Kier molecular flexibility index (Phi) is 3.55. The summed E-state index contributed by atoms with van der Waals surface area (Å²) in [6.07, 6.45) is -0.830. The summed E-state index contributed by atoms with van der Waals surface area (Å²) in [4.78, 5) is 26.1. The molecule has 0 bridgehead atoms. The Bertz CT molecular complexity index is 457. The maximum atomic E-state index is 14.6. The van der Waals surface area contributed by atoms with Crippen molar-refractivity contribution in [2.45, 2.75) is 25.1 Å². The van der Waals surface area contributed by atoms with E-state index in [0.717, 1.165) is 11.3 Å². The number of carbonyl (C=O) groups is 1. The van der Waals surface area contributed by atoms with E-state index >= 15 is 0 Å². The Morgan fingerprint density at radius 2 is 2.28 bits per heavy atom. The maximum absolute atomic E-state index is 14.6. The summed E-state index contributed by atoms with van der Waals surface area (Å²) < 4.78 is 14.6. The fraction of sp³-hybridized carbons (Fsp3) is 0.600. The molecule has 0 radical (unpaired) electrons. The maximum Gasteiger partial charge on any atom is 0.407 e. The second-order valence-electron chi connectivity index (χ2n) is 4.17. The van der Waals surface area contributed by atoms with Gasteiger partial charge in [-0.2, -0.15) is 4.91 Å². The van der Waals surface area contributed by atoms with Crippen LogP contribution in [0, 0.1) is 4.91 Å². The molecule has 6 nitrogen and oxygen atoms in total. The van der Waals surface area contributed by atoms with Crippen molar-refractivity contribution < 1.29 is 14.3 Å². The van der Waals surface area contributed by atoms with E-state index in [1.54, 1.807) is 5.38 Å². The van der Waals surface area contributed by atoms with Crippen molar-refractivity contribution in [1.82, 2.24) is 9.88 Å². The number of alkyl halides is 1. The van der Waals surface area contributed by atoms with Crippen molar-refractivity contribution in [3.05, 3.63) is 21.0 Å². The van der Waals surface area contributed by atoms with Gasteiger partial charge < -0.3 is 10.0 Å². The summed E-state index contributed by atoms with van der Waals surface area (Å²) in [5.74, 6) is 0. The zero-order valence-electron chi connectivity index (χ0n) is 9.50. The number of aromatic nitrogens is 1. The normalized spacial score (nSPS) is 18.6. The number of nitroso groups, excluding NO2 is 1. The Morgan fingerprint density at radius 3 is 2.83 bits per heavy atom. The number of amides is 1. The van der Waals surface area contributed by atoms with Gasteiger partial charge in [0, 0.05) is 31.3 Å². The first-order valence-electron chi connectivity index (χ1n) is 5.46. The number of piperidine rings is 1. The SMILES string of the molecule is O=NCc1csc(C2(F)CCN(C(=O)O)CC2)n1. The van der Waals surface area contributed by atoms with E-state index in [9.17, 15) is 14.1 Å². The van der Waals surface area contributed by atoms with Crippen LogP contribution in [0.3, 0.4) is 0 Å². The lowest BCUT2D eigenvalue weighted by molar-refractivity contribution is 0.0549. The zero-order valence-corrected chi connectivity index (χ0v) is 10.3. The van der Waals surface area contributed by atoms with Crippen molar-refractivity contribution in [3.8, 4) is 0 Å². The minimum Gasteiger partial charge on any atom is -0.465 e. The van der Waals surface area contributed by atoms with Gasteiger partial charge in [-0.3, -0.25) is 0 Å². The molecule has 8 heteroatoms. The number of carboxylic acid groups (broad SMARTS) is 1. The molecule has 0 aromatic carbocycles. The highest BCUT2D eigenvalue weighted by molar-refractivity contribution is 7.09. The van der Waals surface area contributed by atoms with Crippen LogP contribution in [-0.4, -0.2) is 34.2 Å². The minimum absolute atomic E-state index is 0.0617. The van der Waals surface area contributed by atoms with Crippen molar-refractivity contribution >= 4 is 17.4 Å². The fourth-order valence-electron chi connectivity index (χ4n) is 1.92. The lowest BCUT2D eigenvalue weighted by Crippen LogP contribution is -2.42. The van der Waals surface area contributed by atoms with Crippen LogP contribution in [0.1, 0.15) is 23.5 Å². The molecule has 0 spiro atoms. The summed E-state index contributed by atoms with van der Waals surface area (Å²) in [6.45, 7) is 0.257. The molecule has 0 atom stereocenters. The fourth-order valence-corrected chi connectivity index (χ4v) is 2.88. The summed E-state index contributed by atoms with van der Waals surface area (Å²) in [5.41, 5.74) is -1.12. The number of hydrogen-bond acceptors (Lipinski definition) is 5. The molecule has 1 aromatic rings. The molecular weight excluding hydrogens is 261 g/mol. The topological polar surface area (TPSA) is 82.9 Å². The highest BCUT2D eigenvalue weighted by Crippen LogP contribution is 2.38. The van der Waals surface area contributed by atoms with Crippen molar-refractivity contribution in [2.24, 2.45) is 5.18 Å².